The maximum atomic E-state index is 12.4. The predicted octanol–water partition coefficient (Wildman–Crippen LogP) is 0.896. The van der Waals surface area contributed by atoms with Crippen LogP contribution < -0.4 is 0 Å². The van der Waals surface area contributed by atoms with Crippen LogP contribution in [0.15, 0.2) is 0 Å². The molecule has 2 atom stereocenters. The van der Waals surface area contributed by atoms with Gasteiger partial charge in [-0.2, -0.15) is 0 Å². The number of rotatable bonds is 2. The maximum Gasteiger partial charge on any atom is 0.316 e. The van der Waals surface area contributed by atoms with Crippen molar-refractivity contribution in [3.8, 4) is 0 Å². The molecule has 0 aromatic carbocycles. The molecule has 1 aliphatic heterocycles. The first-order valence-corrected chi connectivity index (χ1v) is 6.36. The number of nitrogens with zero attached hydrogens (tertiary/aromatic N) is 2. The third-order valence-electron chi connectivity index (χ3n) is 3.47. The van der Waals surface area contributed by atoms with E-state index in [9.17, 15) is 14.7 Å². The number of carbonyl (C=O) groups excluding carboxylic acids is 1. The molecule has 1 rings (SSSR count). The number of hydrogen-bond acceptors (Lipinski definition) is 3. The van der Waals surface area contributed by atoms with Gasteiger partial charge in [0.2, 0.25) is 5.91 Å². The quantitative estimate of drug-likeness (QED) is 0.746. The molecule has 0 aromatic rings. The van der Waals surface area contributed by atoms with Gasteiger partial charge in [-0.3, -0.25) is 9.59 Å². The molecule has 5 heteroatoms. The van der Waals surface area contributed by atoms with Gasteiger partial charge in [0.15, 0.2) is 0 Å². The Labute approximate surface area is 109 Å². The molecule has 5 nitrogen and oxygen atoms in total. The second-order valence-corrected chi connectivity index (χ2v) is 6.28. The van der Waals surface area contributed by atoms with E-state index in [1.807, 2.05) is 14.0 Å². The molecule has 0 spiro atoms. The molecule has 1 fully saturated rings. The minimum absolute atomic E-state index is 0.0699. The van der Waals surface area contributed by atoms with Crippen LogP contribution in [-0.2, 0) is 9.59 Å². The molecule has 0 aliphatic carbocycles. The molecule has 0 radical (unpaired) electrons. The van der Waals surface area contributed by atoms with Gasteiger partial charge in [-0.25, -0.2) is 0 Å². The molecule has 2 unspecified atom stereocenters. The average Bonchev–Trinajstić information content (AvgIpc) is 2.13. The summed E-state index contributed by atoms with van der Waals surface area (Å²) >= 11 is 0. The fourth-order valence-electron chi connectivity index (χ4n) is 2.48. The zero-order chi connectivity index (χ0) is 14.1. The van der Waals surface area contributed by atoms with E-state index in [0.717, 1.165) is 13.1 Å². The van der Waals surface area contributed by atoms with Gasteiger partial charge in [0.25, 0.3) is 0 Å². The maximum absolute atomic E-state index is 12.4. The Morgan fingerprint density at radius 1 is 1.28 bits per heavy atom. The Morgan fingerprint density at radius 2 is 1.83 bits per heavy atom. The van der Waals surface area contributed by atoms with Crippen LogP contribution in [0.3, 0.4) is 0 Å². The Kier molecular flexibility index (Phi) is 4.37. The summed E-state index contributed by atoms with van der Waals surface area (Å²) < 4.78 is 0. The highest BCUT2D eigenvalue weighted by Crippen LogP contribution is 2.29. The molecule has 1 saturated heterocycles. The van der Waals surface area contributed by atoms with Gasteiger partial charge in [0.1, 0.15) is 5.92 Å². The summed E-state index contributed by atoms with van der Waals surface area (Å²) in [7, 11) is 2.01. The van der Waals surface area contributed by atoms with Gasteiger partial charge >= 0.3 is 5.97 Å². The number of likely N-dealkylation sites (N-methyl/N-ethyl adjacent to an activating group) is 1. The second-order valence-electron chi connectivity index (χ2n) is 6.28. The monoisotopic (exact) mass is 256 g/mol. The van der Waals surface area contributed by atoms with Crippen LogP contribution in [0.2, 0.25) is 0 Å². The van der Waals surface area contributed by atoms with E-state index >= 15 is 0 Å². The second kappa shape index (κ2) is 5.26. The first-order valence-electron chi connectivity index (χ1n) is 6.36. The van der Waals surface area contributed by atoms with Gasteiger partial charge in [0, 0.05) is 25.7 Å². The van der Waals surface area contributed by atoms with Crippen molar-refractivity contribution in [2.24, 2.45) is 11.3 Å². The van der Waals surface area contributed by atoms with Crippen LogP contribution >= 0.6 is 0 Å². The van der Waals surface area contributed by atoms with Crippen molar-refractivity contribution in [3.05, 3.63) is 0 Å². The van der Waals surface area contributed by atoms with E-state index in [1.54, 1.807) is 25.7 Å². The predicted molar refractivity (Wildman–Crippen MR) is 69.3 cm³/mol. The Morgan fingerprint density at radius 3 is 2.22 bits per heavy atom. The summed E-state index contributed by atoms with van der Waals surface area (Å²) in [5.41, 5.74) is -0.564. The normalized spacial score (nSPS) is 23.8. The van der Waals surface area contributed by atoms with Crippen LogP contribution in [0.1, 0.15) is 27.7 Å². The SMILES string of the molecule is CC1CN(C)CCN1C(=O)C(C(=O)O)C(C)(C)C. The highest BCUT2D eigenvalue weighted by atomic mass is 16.4. The number of carbonyl (C=O) groups is 2. The van der Waals surface area contributed by atoms with Crippen LogP contribution in [0.5, 0.6) is 0 Å². The third kappa shape index (κ3) is 3.22. The first-order chi connectivity index (χ1) is 8.14. The van der Waals surface area contributed by atoms with Crippen LogP contribution in [0.25, 0.3) is 0 Å². The molecule has 0 aromatic heterocycles. The zero-order valence-electron chi connectivity index (χ0n) is 11.9. The Balaban J connectivity index is 2.87. The number of piperazine rings is 1. The number of carboxylic acid groups (broad SMARTS) is 1. The zero-order valence-corrected chi connectivity index (χ0v) is 11.9. The van der Waals surface area contributed by atoms with Gasteiger partial charge in [0.05, 0.1) is 0 Å². The highest BCUT2D eigenvalue weighted by Gasteiger charge is 2.42. The standard InChI is InChI=1S/C13H24N2O3/c1-9-8-14(5)6-7-15(9)11(16)10(12(17)18)13(2,3)4/h9-10H,6-8H2,1-5H3,(H,17,18). The lowest BCUT2D eigenvalue weighted by Crippen LogP contribution is -2.56. The van der Waals surface area contributed by atoms with E-state index < -0.39 is 17.3 Å². The fraction of sp³-hybridized carbons (Fsp3) is 0.846. The lowest BCUT2D eigenvalue weighted by molar-refractivity contribution is -0.158. The summed E-state index contributed by atoms with van der Waals surface area (Å²) in [6.07, 6.45) is 0. The van der Waals surface area contributed by atoms with Gasteiger partial charge in [-0.15, -0.1) is 0 Å². The van der Waals surface area contributed by atoms with Crippen molar-refractivity contribution < 1.29 is 14.7 Å². The summed E-state index contributed by atoms with van der Waals surface area (Å²) in [6.45, 7) is 9.56. The molecular weight excluding hydrogens is 232 g/mol. The van der Waals surface area contributed by atoms with E-state index in [-0.39, 0.29) is 11.9 Å². The third-order valence-corrected chi connectivity index (χ3v) is 3.47. The van der Waals surface area contributed by atoms with Crippen LogP contribution in [-0.4, -0.2) is 59.5 Å². The number of hydrogen-bond donors (Lipinski definition) is 1. The summed E-state index contributed by atoms with van der Waals surface area (Å²) in [5, 5.41) is 9.29. The summed E-state index contributed by atoms with van der Waals surface area (Å²) in [5.74, 6) is -2.25. The fourth-order valence-corrected chi connectivity index (χ4v) is 2.48. The van der Waals surface area contributed by atoms with Gasteiger partial charge in [-0.05, 0) is 19.4 Å². The number of carboxylic acids is 1. The minimum atomic E-state index is -1.03. The van der Waals surface area contributed by atoms with Gasteiger partial charge in [-0.1, -0.05) is 20.8 Å². The number of amides is 1. The van der Waals surface area contributed by atoms with Crippen molar-refractivity contribution in [2.45, 2.75) is 33.7 Å². The molecule has 104 valence electrons. The van der Waals surface area contributed by atoms with Crippen molar-refractivity contribution in [1.29, 1.82) is 0 Å². The Bertz CT molecular complexity index is 336. The van der Waals surface area contributed by atoms with E-state index in [0.29, 0.717) is 6.54 Å². The molecule has 1 N–H and O–H groups in total. The lowest BCUT2D eigenvalue weighted by atomic mass is 9.79. The summed E-state index contributed by atoms with van der Waals surface area (Å²) in [6, 6.07) is 0.0699. The summed E-state index contributed by atoms with van der Waals surface area (Å²) in [4.78, 5) is 27.6. The molecule has 1 amide bonds. The number of aliphatic carboxylic acids is 1. The van der Waals surface area contributed by atoms with E-state index in [2.05, 4.69) is 4.90 Å². The topological polar surface area (TPSA) is 60.9 Å². The van der Waals surface area contributed by atoms with Crippen molar-refractivity contribution in [2.75, 3.05) is 26.7 Å². The van der Waals surface area contributed by atoms with Crippen molar-refractivity contribution in [3.63, 3.8) is 0 Å². The molecule has 18 heavy (non-hydrogen) atoms. The van der Waals surface area contributed by atoms with Crippen molar-refractivity contribution in [1.82, 2.24) is 9.80 Å². The lowest BCUT2D eigenvalue weighted by Gasteiger charge is -2.41. The Hall–Kier alpha value is -1.10. The molecule has 1 aliphatic rings. The minimum Gasteiger partial charge on any atom is -0.481 e. The van der Waals surface area contributed by atoms with Crippen LogP contribution in [0, 0.1) is 11.3 Å². The smallest absolute Gasteiger partial charge is 0.316 e. The van der Waals surface area contributed by atoms with Crippen molar-refractivity contribution >= 4 is 11.9 Å². The molecule has 1 heterocycles. The molecule has 0 saturated carbocycles. The van der Waals surface area contributed by atoms with E-state index in [4.69, 9.17) is 0 Å². The van der Waals surface area contributed by atoms with Crippen LogP contribution in [0.4, 0.5) is 0 Å². The average molecular weight is 256 g/mol. The van der Waals surface area contributed by atoms with Gasteiger partial charge < -0.3 is 14.9 Å². The largest absolute Gasteiger partial charge is 0.481 e. The molecular formula is C13H24N2O3. The van der Waals surface area contributed by atoms with E-state index in [1.165, 1.54) is 0 Å². The first kappa shape index (κ1) is 15.0. The highest BCUT2D eigenvalue weighted by molar-refractivity contribution is 5.98. The molecule has 0 bridgehead atoms.